The molecule has 33 heavy (non-hydrogen) atoms. The molecule has 0 spiro atoms. The van der Waals surface area contributed by atoms with Crippen molar-refractivity contribution in [3.05, 3.63) is 93.7 Å². The minimum Gasteiger partial charge on any atom is -0.376 e. The second kappa shape index (κ2) is 11.3. The molecule has 2 aromatic carbocycles. The summed E-state index contributed by atoms with van der Waals surface area (Å²) in [7, 11) is 0. The normalized spacial score (nSPS) is 15.4. The highest BCUT2D eigenvalue weighted by molar-refractivity contribution is 7.10. The van der Waals surface area contributed by atoms with E-state index in [2.05, 4.69) is 18.4 Å². The van der Waals surface area contributed by atoms with E-state index in [0.29, 0.717) is 31.8 Å². The molecule has 0 bridgehead atoms. The Kier molecular flexibility index (Phi) is 7.92. The van der Waals surface area contributed by atoms with Gasteiger partial charge in [-0.25, -0.2) is 0 Å². The first-order chi connectivity index (χ1) is 16.1. The molecule has 1 unspecified atom stereocenters. The van der Waals surface area contributed by atoms with E-state index in [1.54, 1.807) is 28.4 Å². The summed E-state index contributed by atoms with van der Waals surface area (Å²) >= 11 is 1.66. The highest BCUT2D eigenvalue weighted by atomic mass is 32.1. The monoisotopic (exact) mass is 462 g/mol. The molecule has 1 atom stereocenters. The van der Waals surface area contributed by atoms with Crippen molar-refractivity contribution in [3.8, 4) is 0 Å². The third kappa shape index (κ3) is 6.30. The number of amides is 2. The number of carbonyl (C=O) groups excluding carboxylic acids is 2. The molecule has 0 radical (unpaired) electrons. The molecule has 5 nitrogen and oxygen atoms in total. The Morgan fingerprint density at radius 3 is 2.33 bits per heavy atom. The van der Waals surface area contributed by atoms with Crippen LogP contribution in [0.4, 0.5) is 0 Å². The Balaban J connectivity index is 1.54. The van der Waals surface area contributed by atoms with Gasteiger partial charge < -0.3 is 14.5 Å². The topological polar surface area (TPSA) is 49.9 Å². The quantitative estimate of drug-likeness (QED) is 0.454. The van der Waals surface area contributed by atoms with Crippen LogP contribution in [-0.4, -0.2) is 47.4 Å². The largest absolute Gasteiger partial charge is 0.376 e. The number of carbonyl (C=O) groups is 2. The molecule has 4 rings (SSSR count). The molecular formula is C27H30N2O3S. The SMILES string of the molecule is Cc1ccsc1CN(Cc1ccccc1)C(=O)CN(CC1CCCO1)C(=O)c1ccccc1. The molecule has 0 saturated carbocycles. The molecule has 3 aromatic rings. The van der Waals surface area contributed by atoms with E-state index in [4.69, 9.17) is 4.74 Å². The lowest BCUT2D eigenvalue weighted by Crippen LogP contribution is -2.45. The molecule has 2 amide bonds. The van der Waals surface area contributed by atoms with Gasteiger partial charge in [0, 0.05) is 30.1 Å². The second-order valence-corrected chi connectivity index (χ2v) is 9.45. The Hall–Kier alpha value is -2.96. The maximum atomic E-state index is 13.6. The number of benzene rings is 2. The summed E-state index contributed by atoms with van der Waals surface area (Å²) in [6.45, 7) is 4.28. The number of hydrogen-bond acceptors (Lipinski definition) is 4. The number of rotatable bonds is 9. The van der Waals surface area contributed by atoms with Crippen molar-refractivity contribution in [2.75, 3.05) is 19.7 Å². The van der Waals surface area contributed by atoms with E-state index in [-0.39, 0.29) is 24.5 Å². The van der Waals surface area contributed by atoms with Crippen molar-refractivity contribution in [1.29, 1.82) is 0 Å². The molecule has 0 N–H and O–H groups in total. The van der Waals surface area contributed by atoms with E-state index in [1.807, 2.05) is 53.4 Å². The lowest BCUT2D eigenvalue weighted by Gasteiger charge is -2.29. The number of hydrogen-bond donors (Lipinski definition) is 0. The first-order valence-corrected chi connectivity index (χ1v) is 12.3. The predicted molar refractivity (Wildman–Crippen MR) is 131 cm³/mol. The Bertz CT molecular complexity index is 1050. The summed E-state index contributed by atoms with van der Waals surface area (Å²) < 4.78 is 5.79. The third-order valence-electron chi connectivity index (χ3n) is 5.95. The van der Waals surface area contributed by atoms with Crippen LogP contribution >= 0.6 is 11.3 Å². The predicted octanol–water partition coefficient (Wildman–Crippen LogP) is 4.91. The average molecular weight is 463 g/mol. The summed E-state index contributed by atoms with van der Waals surface area (Å²) in [4.78, 5) is 31.6. The van der Waals surface area contributed by atoms with Crippen LogP contribution in [-0.2, 0) is 22.6 Å². The summed E-state index contributed by atoms with van der Waals surface area (Å²) in [6.07, 6.45) is 1.88. The van der Waals surface area contributed by atoms with E-state index in [9.17, 15) is 9.59 Å². The zero-order valence-electron chi connectivity index (χ0n) is 19.0. The van der Waals surface area contributed by atoms with Gasteiger partial charge in [0.15, 0.2) is 0 Å². The van der Waals surface area contributed by atoms with Gasteiger partial charge in [0.2, 0.25) is 5.91 Å². The van der Waals surface area contributed by atoms with Crippen LogP contribution in [0.2, 0.25) is 0 Å². The molecule has 1 aromatic heterocycles. The standard InChI is InChI=1S/C27H30N2O3S/c1-21-14-16-33-25(21)19-28(17-22-9-4-2-5-10-22)26(30)20-29(18-24-13-8-15-32-24)27(31)23-11-6-3-7-12-23/h2-7,9-12,14,16,24H,8,13,15,17-20H2,1H3. The molecule has 0 aliphatic carbocycles. The van der Waals surface area contributed by atoms with Gasteiger partial charge in [-0.15, -0.1) is 11.3 Å². The van der Waals surface area contributed by atoms with Crippen LogP contribution in [0.25, 0.3) is 0 Å². The van der Waals surface area contributed by atoms with Crippen molar-refractivity contribution >= 4 is 23.2 Å². The maximum absolute atomic E-state index is 13.6. The van der Waals surface area contributed by atoms with Gasteiger partial charge in [-0.2, -0.15) is 0 Å². The molecule has 1 saturated heterocycles. The molecule has 172 valence electrons. The minimum absolute atomic E-state index is 0.0208. The van der Waals surface area contributed by atoms with Crippen LogP contribution in [0.3, 0.4) is 0 Å². The molecular weight excluding hydrogens is 432 g/mol. The average Bonchev–Trinajstić information content (AvgIpc) is 3.50. The minimum atomic E-state index is -0.133. The number of aryl methyl sites for hydroxylation is 1. The molecule has 2 heterocycles. The lowest BCUT2D eigenvalue weighted by atomic mass is 10.1. The van der Waals surface area contributed by atoms with Crippen LogP contribution in [0, 0.1) is 6.92 Å². The van der Waals surface area contributed by atoms with Gasteiger partial charge in [-0.3, -0.25) is 9.59 Å². The van der Waals surface area contributed by atoms with E-state index >= 15 is 0 Å². The van der Waals surface area contributed by atoms with Gasteiger partial charge in [0.25, 0.3) is 5.91 Å². The Morgan fingerprint density at radius 1 is 0.970 bits per heavy atom. The van der Waals surface area contributed by atoms with Crippen LogP contribution in [0.15, 0.2) is 72.1 Å². The Morgan fingerprint density at radius 2 is 1.70 bits per heavy atom. The van der Waals surface area contributed by atoms with Crippen molar-refractivity contribution in [1.82, 2.24) is 9.80 Å². The zero-order chi connectivity index (χ0) is 23.0. The molecule has 1 aliphatic heterocycles. The summed E-state index contributed by atoms with van der Waals surface area (Å²) in [5, 5.41) is 2.05. The first-order valence-electron chi connectivity index (χ1n) is 11.4. The highest BCUT2D eigenvalue weighted by Crippen LogP contribution is 2.21. The summed E-state index contributed by atoms with van der Waals surface area (Å²) in [5.41, 5.74) is 2.84. The Labute approximate surface area is 199 Å². The summed E-state index contributed by atoms with van der Waals surface area (Å²) in [6, 6.07) is 21.3. The maximum Gasteiger partial charge on any atom is 0.254 e. The highest BCUT2D eigenvalue weighted by Gasteiger charge is 2.27. The van der Waals surface area contributed by atoms with E-state index in [1.165, 1.54) is 10.4 Å². The van der Waals surface area contributed by atoms with Crippen molar-refractivity contribution in [2.45, 2.75) is 39.0 Å². The number of ether oxygens (including phenoxy) is 1. The number of nitrogens with zero attached hydrogens (tertiary/aromatic N) is 2. The fourth-order valence-corrected chi connectivity index (χ4v) is 4.98. The molecule has 1 aliphatic rings. The lowest BCUT2D eigenvalue weighted by molar-refractivity contribution is -0.133. The van der Waals surface area contributed by atoms with Gasteiger partial charge >= 0.3 is 0 Å². The fourth-order valence-electron chi connectivity index (χ4n) is 4.06. The third-order valence-corrected chi connectivity index (χ3v) is 6.96. The van der Waals surface area contributed by atoms with E-state index < -0.39 is 0 Å². The van der Waals surface area contributed by atoms with Gasteiger partial charge in [-0.05, 0) is 54.5 Å². The van der Waals surface area contributed by atoms with Crippen molar-refractivity contribution in [2.24, 2.45) is 0 Å². The van der Waals surface area contributed by atoms with Crippen molar-refractivity contribution in [3.63, 3.8) is 0 Å². The fraction of sp³-hybridized carbons (Fsp3) is 0.333. The van der Waals surface area contributed by atoms with Gasteiger partial charge in [-0.1, -0.05) is 48.5 Å². The smallest absolute Gasteiger partial charge is 0.254 e. The van der Waals surface area contributed by atoms with E-state index in [0.717, 1.165) is 18.4 Å². The molecule has 6 heteroatoms. The summed E-state index contributed by atoms with van der Waals surface area (Å²) in [5.74, 6) is -0.194. The van der Waals surface area contributed by atoms with Crippen LogP contribution in [0.5, 0.6) is 0 Å². The van der Waals surface area contributed by atoms with Crippen molar-refractivity contribution < 1.29 is 14.3 Å². The zero-order valence-corrected chi connectivity index (χ0v) is 19.8. The van der Waals surface area contributed by atoms with Gasteiger partial charge in [0.1, 0.15) is 6.54 Å². The molecule has 1 fully saturated rings. The number of thiophene rings is 1. The first kappa shape index (κ1) is 23.2. The van der Waals surface area contributed by atoms with Crippen LogP contribution < -0.4 is 0 Å². The second-order valence-electron chi connectivity index (χ2n) is 8.45. The van der Waals surface area contributed by atoms with Crippen LogP contribution in [0.1, 0.15) is 39.2 Å². The van der Waals surface area contributed by atoms with Gasteiger partial charge in [0.05, 0.1) is 12.6 Å².